The van der Waals surface area contributed by atoms with Gasteiger partial charge in [-0.25, -0.2) is 4.79 Å². The number of ether oxygens (including phenoxy) is 2. The van der Waals surface area contributed by atoms with Crippen LogP contribution in [0, 0.1) is 12.8 Å². The summed E-state index contributed by atoms with van der Waals surface area (Å²) in [7, 11) is 0. The zero-order valence-electron chi connectivity index (χ0n) is 20.6. The van der Waals surface area contributed by atoms with Crippen molar-refractivity contribution >= 4 is 29.2 Å². The maximum Gasteiger partial charge on any atom is 0.322 e. The highest BCUT2D eigenvalue weighted by Crippen LogP contribution is 2.33. The predicted octanol–water partition coefficient (Wildman–Crippen LogP) is 5.69. The molecule has 0 unspecified atom stereocenters. The molecule has 0 atom stereocenters. The first-order valence-corrected chi connectivity index (χ1v) is 12.2. The molecule has 0 saturated carbocycles. The number of hydrogen-bond acceptors (Lipinski definition) is 5. The van der Waals surface area contributed by atoms with Gasteiger partial charge in [0.15, 0.2) is 11.5 Å². The molecule has 1 aliphatic heterocycles. The lowest BCUT2D eigenvalue weighted by atomic mass is 10.1. The van der Waals surface area contributed by atoms with Crippen LogP contribution in [0.15, 0.2) is 59.0 Å². The molecule has 4 rings (SSSR count). The molecule has 2 heterocycles. The average molecular weight is 512 g/mol. The number of urea groups is 1. The third-order valence-corrected chi connectivity index (χ3v) is 5.85. The summed E-state index contributed by atoms with van der Waals surface area (Å²) in [6.07, 6.45) is 0. The average Bonchev–Trinajstić information content (AvgIpc) is 3.47. The maximum atomic E-state index is 13.6. The number of rotatable bonds is 9. The Hall–Kier alpha value is -3.65. The second-order valence-electron chi connectivity index (χ2n) is 9.16. The van der Waals surface area contributed by atoms with Gasteiger partial charge in [0.05, 0.1) is 6.54 Å². The topological polar surface area (TPSA) is 84.2 Å². The lowest BCUT2D eigenvalue weighted by molar-refractivity contribution is -0.133. The highest BCUT2D eigenvalue weighted by Gasteiger charge is 2.24. The molecule has 2 aromatic carbocycles. The molecule has 0 spiro atoms. The van der Waals surface area contributed by atoms with Crippen molar-refractivity contribution in [3.8, 4) is 11.5 Å². The van der Waals surface area contributed by atoms with Gasteiger partial charge < -0.3 is 29.0 Å². The SMILES string of the molecule is Cc1ccc(CN(Cc2ccc3c(c2)OCO3)C(=O)CN(CC(C)C)C(=O)Nc2ccc(Cl)cc2)o1. The zero-order chi connectivity index (χ0) is 25.7. The third kappa shape index (κ3) is 6.73. The second-order valence-corrected chi connectivity index (χ2v) is 9.60. The van der Waals surface area contributed by atoms with Gasteiger partial charge >= 0.3 is 6.03 Å². The minimum Gasteiger partial charge on any atom is -0.464 e. The van der Waals surface area contributed by atoms with Gasteiger partial charge in [-0.05, 0) is 66.9 Å². The molecule has 0 fully saturated rings. The number of carbonyl (C=O) groups excluding carboxylic acids is 2. The first-order chi connectivity index (χ1) is 17.3. The molecule has 0 bridgehead atoms. The minimum atomic E-state index is -0.351. The van der Waals surface area contributed by atoms with Gasteiger partial charge in [-0.3, -0.25) is 4.79 Å². The first-order valence-electron chi connectivity index (χ1n) is 11.8. The summed E-state index contributed by atoms with van der Waals surface area (Å²) in [4.78, 5) is 29.9. The van der Waals surface area contributed by atoms with Gasteiger partial charge in [0.2, 0.25) is 12.7 Å². The van der Waals surface area contributed by atoms with E-state index in [4.69, 9.17) is 25.5 Å². The molecule has 0 aliphatic carbocycles. The van der Waals surface area contributed by atoms with Gasteiger partial charge in [0, 0.05) is 23.8 Å². The number of amides is 3. The van der Waals surface area contributed by atoms with Crippen LogP contribution in [-0.4, -0.2) is 41.6 Å². The van der Waals surface area contributed by atoms with E-state index in [0.717, 1.165) is 11.3 Å². The van der Waals surface area contributed by atoms with E-state index in [1.54, 1.807) is 29.2 Å². The Morgan fingerprint density at radius 2 is 1.72 bits per heavy atom. The molecular formula is C27H30ClN3O5. The summed E-state index contributed by atoms with van der Waals surface area (Å²) >= 11 is 5.95. The van der Waals surface area contributed by atoms with Crippen LogP contribution in [0.5, 0.6) is 11.5 Å². The lowest BCUT2D eigenvalue weighted by Crippen LogP contribution is -2.45. The largest absolute Gasteiger partial charge is 0.464 e. The Labute approximate surface area is 215 Å². The van der Waals surface area contributed by atoms with Gasteiger partial charge in [-0.15, -0.1) is 0 Å². The van der Waals surface area contributed by atoms with E-state index in [2.05, 4.69) is 5.32 Å². The molecule has 0 radical (unpaired) electrons. The molecule has 1 aromatic heterocycles. The van der Waals surface area contributed by atoms with Crippen LogP contribution in [0.3, 0.4) is 0 Å². The standard InChI is InChI=1S/C27H30ClN3O5/c1-18(2)13-31(27(33)29-22-8-6-21(28)7-9-22)16-26(32)30(15-23-10-4-19(3)36-23)14-20-5-11-24-25(12-20)35-17-34-24/h4-12,18H,13-17H2,1-3H3,(H,29,33). The fraction of sp³-hybridized carbons (Fsp3) is 0.333. The lowest BCUT2D eigenvalue weighted by Gasteiger charge is -2.28. The van der Waals surface area contributed by atoms with E-state index in [1.165, 1.54) is 4.90 Å². The second kappa shape index (κ2) is 11.4. The number of nitrogens with zero attached hydrogens (tertiary/aromatic N) is 2. The number of nitrogens with one attached hydrogen (secondary N) is 1. The minimum absolute atomic E-state index is 0.0815. The zero-order valence-corrected chi connectivity index (χ0v) is 21.4. The van der Waals surface area contributed by atoms with Gasteiger partial charge in [-0.2, -0.15) is 0 Å². The molecule has 1 N–H and O–H groups in total. The van der Waals surface area contributed by atoms with Gasteiger partial charge in [-0.1, -0.05) is 31.5 Å². The van der Waals surface area contributed by atoms with Crippen LogP contribution in [-0.2, 0) is 17.9 Å². The van der Waals surface area contributed by atoms with E-state index < -0.39 is 0 Å². The Kier molecular flexibility index (Phi) is 8.05. The van der Waals surface area contributed by atoms with Crippen LogP contribution < -0.4 is 14.8 Å². The van der Waals surface area contributed by atoms with Crippen molar-refractivity contribution < 1.29 is 23.5 Å². The van der Waals surface area contributed by atoms with Crippen molar-refractivity contribution in [1.82, 2.24) is 9.80 Å². The summed E-state index contributed by atoms with van der Waals surface area (Å²) in [6.45, 7) is 6.98. The smallest absolute Gasteiger partial charge is 0.322 e. The predicted molar refractivity (Wildman–Crippen MR) is 137 cm³/mol. The summed E-state index contributed by atoms with van der Waals surface area (Å²) in [6, 6.07) is 15.8. The van der Waals surface area contributed by atoms with Crippen LogP contribution in [0.1, 0.15) is 30.9 Å². The van der Waals surface area contributed by atoms with E-state index in [0.29, 0.717) is 41.1 Å². The van der Waals surface area contributed by atoms with Crippen molar-refractivity contribution in [2.75, 3.05) is 25.2 Å². The molecule has 1 aliphatic rings. The Morgan fingerprint density at radius 1 is 0.972 bits per heavy atom. The van der Waals surface area contributed by atoms with Crippen molar-refractivity contribution in [3.05, 3.63) is 76.7 Å². The summed E-state index contributed by atoms with van der Waals surface area (Å²) in [5.41, 5.74) is 1.49. The summed E-state index contributed by atoms with van der Waals surface area (Å²) < 4.78 is 16.6. The Morgan fingerprint density at radius 3 is 2.42 bits per heavy atom. The number of furan rings is 1. The van der Waals surface area contributed by atoms with Crippen LogP contribution in [0.25, 0.3) is 0 Å². The fourth-order valence-corrected chi connectivity index (χ4v) is 4.04. The maximum absolute atomic E-state index is 13.6. The number of hydrogen-bond donors (Lipinski definition) is 1. The number of carbonyl (C=O) groups is 2. The third-order valence-electron chi connectivity index (χ3n) is 5.60. The first kappa shape index (κ1) is 25.4. The number of benzene rings is 2. The van der Waals surface area contributed by atoms with Crippen molar-refractivity contribution in [1.29, 1.82) is 0 Å². The fourth-order valence-electron chi connectivity index (χ4n) is 3.91. The quantitative estimate of drug-likeness (QED) is 0.399. The van der Waals surface area contributed by atoms with Gasteiger partial charge in [0.25, 0.3) is 0 Å². The number of aryl methyl sites for hydroxylation is 1. The molecular weight excluding hydrogens is 482 g/mol. The van der Waals surface area contributed by atoms with E-state index >= 15 is 0 Å². The van der Waals surface area contributed by atoms with E-state index in [1.807, 2.05) is 51.1 Å². The van der Waals surface area contributed by atoms with Gasteiger partial charge in [0.1, 0.15) is 18.1 Å². The van der Waals surface area contributed by atoms with E-state index in [-0.39, 0.29) is 37.7 Å². The highest BCUT2D eigenvalue weighted by molar-refractivity contribution is 6.30. The van der Waals surface area contributed by atoms with Crippen LogP contribution in [0.2, 0.25) is 5.02 Å². The summed E-state index contributed by atoms with van der Waals surface area (Å²) in [5.74, 6) is 2.74. The molecule has 190 valence electrons. The Balaban J connectivity index is 1.51. The molecule has 0 saturated heterocycles. The van der Waals surface area contributed by atoms with E-state index in [9.17, 15) is 9.59 Å². The molecule has 8 nitrogen and oxygen atoms in total. The van der Waals surface area contributed by atoms with Crippen molar-refractivity contribution in [3.63, 3.8) is 0 Å². The molecule has 3 amide bonds. The normalized spacial score (nSPS) is 12.0. The number of fused-ring (bicyclic) bond motifs is 1. The molecule has 9 heteroatoms. The highest BCUT2D eigenvalue weighted by atomic mass is 35.5. The number of halogens is 1. The summed E-state index contributed by atoms with van der Waals surface area (Å²) in [5, 5.41) is 3.44. The molecule has 36 heavy (non-hydrogen) atoms. The van der Waals surface area contributed by atoms with Crippen molar-refractivity contribution in [2.45, 2.75) is 33.9 Å². The molecule has 3 aromatic rings. The van der Waals surface area contributed by atoms with Crippen LogP contribution >= 0.6 is 11.6 Å². The van der Waals surface area contributed by atoms with Crippen LogP contribution in [0.4, 0.5) is 10.5 Å². The monoisotopic (exact) mass is 511 g/mol. The Bertz CT molecular complexity index is 1210. The number of anilines is 1. The van der Waals surface area contributed by atoms with Crippen molar-refractivity contribution in [2.24, 2.45) is 5.92 Å².